The van der Waals surface area contributed by atoms with Crippen LogP contribution in [0.4, 0.5) is 0 Å². The van der Waals surface area contributed by atoms with E-state index in [1.165, 1.54) is 0 Å². The molecule has 0 aliphatic carbocycles. The Bertz CT molecular complexity index is 595. The highest BCUT2D eigenvalue weighted by atomic mass is 16.5. The van der Waals surface area contributed by atoms with Crippen LogP contribution in [0.25, 0.3) is 0 Å². The van der Waals surface area contributed by atoms with Gasteiger partial charge >= 0.3 is 5.97 Å². The summed E-state index contributed by atoms with van der Waals surface area (Å²) in [6.07, 6.45) is 0.794. The van der Waals surface area contributed by atoms with E-state index in [1.54, 1.807) is 7.05 Å². The van der Waals surface area contributed by atoms with Crippen LogP contribution in [0.3, 0.4) is 0 Å². The lowest BCUT2D eigenvalue weighted by molar-refractivity contribution is -0.137. The first-order chi connectivity index (χ1) is 9.76. The van der Waals surface area contributed by atoms with Crippen molar-refractivity contribution in [1.29, 1.82) is 0 Å². The molecule has 0 fully saturated rings. The molecule has 1 atom stereocenters. The molecule has 1 unspecified atom stereocenters. The van der Waals surface area contributed by atoms with Gasteiger partial charge in [-0.25, -0.2) is 4.79 Å². The zero-order chi connectivity index (χ0) is 15.8. The summed E-state index contributed by atoms with van der Waals surface area (Å²) in [6, 6.07) is 3.65. The lowest BCUT2D eigenvalue weighted by Crippen LogP contribution is -2.42. The van der Waals surface area contributed by atoms with E-state index in [4.69, 9.17) is 12.6 Å². The summed E-state index contributed by atoms with van der Waals surface area (Å²) < 4.78 is 5.56. The van der Waals surface area contributed by atoms with E-state index in [2.05, 4.69) is 5.32 Å². The number of rotatable bonds is 4. The van der Waals surface area contributed by atoms with E-state index in [0.29, 0.717) is 12.2 Å². The maximum atomic E-state index is 12.0. The topological polar surface area (TPSA) is 55.4 Å². The largest absolute Gasteiger partial charge is 0.425 e. The van der Waals surface area contributed by atoms with Crippen LogP contribution in [0.5, 0.6) is 5.75 Å². The second-order valence-electron chi connectivity index (χ2n) is 6.24. The molecule has 1 heterocycles. The third-order valence-electron chi connectivity index (χ3n) is 4.00. The van der Waals surface area contributed by atoms with Gasteiger partial charge < -0.3 is 14.8 Å². The number of esters is 1. The highest BCUT2D eigenvalue weighted by Gasteiger charge is 2.34. The average molecular weight is 285 g/mol. The summed E-state index contributed by atoms with van der Waals surface area (Å²) in [4.78, 5) is 23.4. The van der Waals surface area contributed by atoms with Crippen LogP contribution < -0.4 is 10.1 Å². The highest BCUT2D eigenvalue weighted by Crippen LogP contribution is 2.41. The lowest BCUT2D eigenvalue weighted by atomic mass is 9.73. The van der Waals surface area contributed by atoms with Crippen LogP contribution in [0.1, 0.15) is 37.0 Å². The molecule has 0 aromatic heterocycles. The maximum absolute atomic E-state index is 12.0. The van der Waals surface area contributed by atoms with Crippen LogP contribution in [0.15, 0.2) is 12.1 Å². The smallest absolute Gasteiger partial charge is 0.328 e. The summed E-state index contributed by atoms with van der Waals surface area (Å²) in [5, 5.41) is 2.95. The summed E-state index contributed by atoms with van der Waals surface area (Å²) in [5.74, 6) is 0.310. The highest BCUT2D eigenvalue weighted by molar-refractivity contribution is 6.57. The predicted octanol–water partition coefficient (Wildman–Crippen LogP) is 1.41. The number of benzene rings is 1. The van der Waals surface area contributed by atoms with Crippen LogP contribution >= 0.6 is 0 Å². The molecule has 0 bridgehead atoms. The van der Waals surface area contributed by atoms with Gasteiger partial charge in [0.2, 0.25) is 0 Å². The number of ether oxygens (including phenoxy) is 1. The number of carbonyl (C=O) groups excluding carboxylic acids is 2. The molecule has 0 saturated heterocycles. The monoisotopic (exact) mass is 285 g/mol. The van der Waals surface area contributed by atoms with Gasteiger partial charge in [0.1, 0.15) is 11.8 Å². The van der Waals surface area contributed by atoms with Crippen molar-refractivity contribution in [3.05, 3.63) is 28.8 Å². The first-order valence-corrected chi connectivity index (χ1v) is 7.06. The van der Waals surface area contributed by atoms with Crippen LogP contribution in [0.2, 0.25) is 0 Å². The van der Waals surface area contributed by atoms with Crippen molar-refractivity contribution in [2.24, 2.45) is 0 Å². The molecule has 1 N–H and O–H groups in total. The van der Waals surface area contributed by atoms with Crippen LogP contribution in [-0.2, 0) is 21.4 Å². The molecule has 0 amide bonds. The number of aryl methyl sites for hydroxylation is 1. The van der Waals surface area contributed by atoms with Crippen molar-refractivity contribution in [3.8, 4) is 5.75 Å². The van der Waals surface area contributed by atoms with E-state index >= 15 is 0 Å². The molecule has 110 valence electrons. The molecule has 1 aromatic rings. The molecule has 0 spiro atoms. The standard InChI is InChI=1S/C16H20BNO3/c1-9-5-6-10-7-11(18-4)15(20)21-14(10)13(9)16(2,3)8-12(17)19/h5-6,11,18H,7-8H2,1-4H3. The Labute approximate surface area is 126 Å². The molecule has 4 nitrogen and oxygen atoms in total. The Kier molecular flexibility index (Phi) is 4.24. The second-order valence-corrected chi connectivity index (χ2v) is 6.24. The zero-order valence-electron chi connectivity index (χ0n) is 12.9. The maximum Gasteiger partial charge on any atom is 0.328 e. The number of nitrogens with one attached hydrogen (secondary N) is 1. The van der Waals surface area contributed by atoms with Crippen molar-refractivity contribution >= 4 is 19.5 Å². The molecule has 5 heteroatoms. The number of carbonyl (C=O) groups is 2. The van der Waals surface area contributed by atoms with Gasteiger partial charge in [0.05, 0.1) is 5.68 Å². The Morgan fingerprint density at radius 2 is 2.14 bits per heavy atom. The Morgan fingerprint density at radius 1 is 1.48 bits per heavy atom. The number of fused-ring (bicyclic) bond motifs is 1. The minimum absolute atomic E-state index is 0.206. The van der Waals surface area contributed by atoms with Gasteiger partial charge in [-0.15, -0.1) is 0 Å². The van der Waals surface area contributed by atoms with E-state index in [1.807, 2.05) is 32.9 Å². The molecular formula is C16H20BNO3. The molecule has 0 saturated carbocycles. The minimum Gasteiger partial charge on any atom is -0.425 e. The fraction of sp³-hybridized carbons (Fsp3) is 0.500. The van der Waals surface area contributed by atoms with E-state index < -0.39 is 5.41 Å². The molecular weight excluding hydrogens is 265 g/mol. The van der Waals surface area contributed by atoms with Crippen molar-refractivity contribution in [1.82, 2.24) is 5.32 Å². The predicted molar refractivity (Wildman–Crippen MR) is 81.8 cm³/mol. The van der Waals surface area contributed by atoms with Crippen molar-refractivity contribution in [3.63, 3.8) is 0 Å². The third kappa shape index (κ3) is 3.03. The fourth-order valence-corrected chi connectivity index (χ4v) is 3.06. The summed E-state index contributed by atoms with van der Waals surface area (Å²) in [6.45, 7) is 5.84. The summed E-state index contributed by atoms with van der Waals surface area (Å²) in [7, 11) is 7.10. The molecule has 1 aromatic carbocycles. The summed E-state index contributed by atoms with van der Waals surface area (Å²) in [5.41, 5.74) is 2.02. The molecule has 1 aliphatic rings. The van der Waals surface area contributed by atoms with Gasteiger partial charge in [-0.3, -0.25) is 0 Å². The number of likely N-dealkylation sites (N-methyl/N-ethyl adjacent to an activating group) is 1. The SMILES string of the molecule is [B]C(=O)CC(C)(C)c1c(C)ccc2c1OC(=O)C(NC)C2. The van der Waals surface area contributed by atoms with Gasteiger partial charge in [0, 0.05) is 18.4 Å². The van der Waals surface area contributed by atoms with Crippen molar-refractivity contribution in [2.45, 2.75) is 45.1 Å². The quantitative estimate of drug-likeness (QED) is 0.516. The van der Waals surface area contributed by atoms with Crippen LogP contribution in [-0.4, -0.2) is 32.6 Å². The third-order valence-corrected chi connectivity index (χ3v) is 4.00. The Morgan fingerprint density at radius 3 is 2.71 bits per heavy atom. The molecule has 1 aliphatic heterocycles. The molecule has 2 radical (unpaired) electrons. The van der Waals surface area contributed by atoms with Gasteiger partial charge in [0.25, 0.3) is 0 Å². The van der Waals surface area contributed by atoms with Gasteiger partial charge in [-0.2, -0.15) is 0 Å². The second kappa shape index (κ2) is 5.64. The van der Waals surface area contributed by atoms with E-state index in [9.17, 15) is 9.59 Å². The normalized spacial score (nSPS) is 18.1. The summed E-state index contributed by atoms with van der Waals surface area (Å²) >= 11 is 0. The fourth-order valence-electron chi connectivity index (χ4n) is 3.06. The first kappa shape index (κ1) is 15.8. The number of hydrogen-bond acceptors (Lipinski definition) is 4. The molecule has 2 rings (SSSR count). The minimum atomic E-state index is -0.478. The molecule has 21 heavy (non-hydrogen) atoms. The Balaban J connectivity index is 2.53. The average Bonchev–Trinajstić information content (AvgIpc) is 2.35. The van der Waals surface area contributed by atoms with Gasteiger partial charge in [0.15, 0.2) is 7.85 Å². The van der Waals surface area contributed by atoms with Gasteiger partial charge in [-0.1, -0.05) is 26.0 Å². The van der Waals surface area contributed by atoms with Gasteiger partial charge in [-0.05, 0) is 30.5 Å². The van der Waals surface area contributed by atoms with Crippen molar-refractivity contribution in [2.75, 3.05) is 7.05 Å². The first-order valence-electron chi connectivity index (χ1n) is 7.06. The van der Waals surface area contributed by atoms with Crippen LogP contribution in [0, 0.1) is 6.92 Å². The Hall–Kier alpha value is -1.62. The van der Waals surface area contributed by atoms with E-state index in [0.717, 1.165) is 16.7 Å². The van der Waals surface area contributed by atoms with E-state index in [-0.39, 0.29) is 24.1 Å². The lowest BCUT2D eigenvalue weighted by Gasteiger charge is -2.32. The zero-order valence-corrected chi connectivity index (χ0v) is 12.9. The van der Waals surface area contributed by atoms with Crippen molar-refractivity contribution < 1.29 is 14.3 Å². The number of hydrogen-bond donors (Lipinski definition) is 1.